The van der Waals surface area contributed by atoms with Crippen LogP contribution in [0.1, 0.15) is 16.8 Å². The number of hydrogen-bond acceptors (Lipinski definition) is 4. The van der Waals surface area contributed by atoms with Gasteiger partial charge in [0, 0.05) is 18.0 Å². The predicted octanol–water partition coefficient (Wildman–Crippen LogP) is 2.78. The number of nitrogens with one attached hydrogen (secondary N) is 1. The highest BCUT2D eigenvalue weighted by molar-refractivity contribution is 5.97. The first-order valence-electron chi connectivity index (χ1n) is 9.26. The van der Waals surface area contributed by atoms with Gasteiger partial charge in [-0.05, 0) is 42.8 Å². The van der Waals surface area contributed by atoms with E-state index in [1.807, 2.05) is 18.2 Å². The summed E-state index contributed by atoms with van der Waals surface area (Å²) in [6.07, 6.45) is -3.02. The lowest BCUT2D eigenvalue weighted by Gasteiger charge is -2.21. The molecular formula is C21H20F2N2O5. The molecule has 2 aromatic carbocycles. The largest absolute Gasteiger partial charge is 0.480 e. The molecule has 2 amide bonds. The van der Waals surface area contributed by atoms with Gasteiger partial charge >= 0.3 is 5.97 Å². The number of hydrogen-bond donors (Lipinski definition) is 2. The van der Waals surface area contributed by atoms with Gasteiger partial charge in [0.2, 0.25) is 12.3 Å². The Balaban J connectivity index is 1.55. The van der Waals surface area contributed by atoms with Crippen molar-refractivity contribution in [2.24, 2.45) is 5.92 Å². The molecule has 158 valence electrons. The number of rotatable bonds is 7. The van der Waals surface area contributed by atoms with E-state index in [0.29, 0.717) is 11.5 Å². The van der Waals surface area contributed by atoms with E-state index in [4.69, 9.17) is 4.74 Å². The number of aliphatic carboxylic acids is 1. The van der Waals surface area contributed by atoms with Crippen LogP contribution in [0.15, 0.2) is 54.6 Å². The molecule has 9 heteroatoms. The van der Waals surface area contributed by atoms with E-state index >= 15 is 0 Å². The van der Waals surface area contributed by atoms with Crippen molar-refractivity contribution < 1.29 is 33.0 Å². The lowest BCUT2D eigenvalue weighted by atomic mass is 10.1. The number of para-hydroxylation sites is 1. The minimum absolute atomic E-state index is 0.268. The number of benzene rings is 2. The maximum Gasteiger partial charge on any atom is 0.326 e. The average Bonchev–Trinajstić information content (AvgIpc) is 3.19. The molecule has 1 aliphatic heterocycles. The Kier molecular flexibility index (Phi) is 6.61. The second-order valence-corrected chi connectivity index (χ2v) is 6.85. The van der Waals surface area contributed by atoms with Gasteiger partial charge in [-0.1, -0.05) is 18.2 Å². The lowest BCUT2D eigenvalue weighted by molar-refractivity contribution is -0.147. The molecule has 30 heavy (non-hydrogen) atoms. The summed E-state index contributed by atoms with van der Waals surface area (Å²) in [4.78, 5) is 36.7. The van der Waals surface area contributed by atoms with Crippen LogP contribution < -0.4 is 10.1 Å². The van der Waals surface area contributed by atoms with Crippen LogP contribution in [-0.4, -0.2) is 53.3 Å². The monoisotopic (exact) mass is 418 g/mol. The summed E-state index contributed by atoms with van der Waals surface area (Å²) in [6.45, 7) is -0.838. The summed E-state index contributed by atoms with van der Waals surface area (Å²) in [5.41, 5.74) is 0.268. The number of carboxylic acids is 1. The van der Waals surface area contributed by atoms with Crippen LogP contribution in [0.2, 0.25) is 0 Å². The van der Waals surface area contributed by atoms with Gasteiger partial charge in [0.25, 0.3) is 5.91 Å². The summed E-state index contributed by atoms with van der Waals surface area (Å²) in [7, 11) is 0. The Bertz CT molecular complexity index is 905. The molecule has 1 fully saturated rings. The van der Waals surface area contributed by atoms with Crippen LogP contribution in [0.4, 0.5) is 8.78 Å². The summed E-state index contributed by atoms with van der Waals surface area (Å²) < 4.78 is 31.4. The quantitative estimate of drug-likeness (QED) is 0.721. The highest BCUT2D eigenvalue weighted by atomic mass is 19.3. The Morgan fingerprint density at radius 1 is 1.07 bits per heavy atom. The molecule has 2 N–H and O–H groups in total. The standard InChI is InChI=1S/C21H20F2N2O5/c22-19(23)14-10-17(21(28)29)25(12-14)18(26)11-24-20(27)13-6-8-16(9-7-13)30-15-4-2-1-3-5-15/h1-9,14,17,19H,10-12H2,(H,24,27)(H,28,29)/t14-,17-/m0/s1. The van der Waals surface area contributed by atoms with Crippen molar-refractivity contribution in [3.63, 3.8) is 0 Å². The predicted molar refractivity (Wildman–Crippen MR) is 103 cm³/mol. The zero-order chi connectivity index (χ0) is 21.7. The van der Waals surface area contributed by atoms with Crippen molar-refractivity contribution in [1.29, 1.82) is 0 Å². The lowest BCUT2D eigenvalue weighted by Crippen LogP contribution is -2.45. The molecule has 0 aliphatic carbocycles. The van der Waals surface area contributed by atoms with Gasteiger partial charge in [-0.2, -0.15) is 0 Å². The fourth-order valence-electron chi connectivity index (χ4n) is 3.22. The molecule has 1 saturated heterocycles. The fourth-order valence-corrected chi connectivity index (χ4v) is 3.22. The third kappa shape index (κ3) is 5.11. The van der Waals surface area contributed by atoms with Crippen molar-refractivity contribution in [3.05, 3.63) is 60.2 Å². The summed E-state index contributed by atoms with van der Waals surface area (Å²) in [5, 5.41) is 11.6. The number of nitrogens with zero attached hydrogens (tertiary/aromatic N) is 1. The van der Waals surface area contributed by atoms with E-state index in [1.54, 1.807) is 24.3 Å². The van der Waals surface area contributed by atoms with Crippen LogP contribution in [0.5, 0.6) is 11.5 Å². The number of carboxylic acid groups (broad SMARTS) is 1. The molecule has 7 nitrogen and oxygen atoms in total. The maximum atomic E-state index is 12.9. The van der Waals surface area contributed by atoms with Gasteiger partial charge in [-0.15, -0.1) is 0 Å². The third-order valence-electron chi connectivity index (χ3n) is 4.79. The van der Waals surface area contributed by atoms with Crippen molar-refractivity contribution in [1.82, 2.24) is 10.2 Å². The molecule has 0 spiro atoms. The van der Waals surface area contributed by atoms with E-state index in [2.05, 4.69) is 5.32 Å². The van der Waals surface area contributed by atoms with E-state index < -0.39 is 42.7 Å². The molecule has 0 saturated carbocycles. The Hall–Kier alpha value is -3.49. The van der Waals surface area contributed by atoms with Gasteiger partial charge in [0.05, 0.1) is 6.54 Å². The molecule has 3 rings (SSSR count). The number of amides is 2. The molecule has 0 aromatic heterocycles. The maximum absolute atomic E-state index is 12.9. The first kappa shape index (κ1) is 21.2. The zero-order valence-corrected chi connectivity index (χ0v) is 15.8. The van der Waals surface area contributed by atoms with Crippen LogP contribution in [0.25, 0.3) is 0 Å². The van der Waals surface area contributed by atoms with Crippen LogP contribution in [0.3, 0.4) is 0 Å². The number of halogens is 2. The average molecular weight is 418 g/mol. The van der Waals surface area contributed by atoms with Gasteiger partial charge < -0.3 is 20.1 Å². The van der Waals surface area contributed by atoms with Crippen LogP contribution in [-0.2, 0) is 9.59 Å². The number of carbonyl (C=O) groups is 3. The second kappa shape index (κ2) is 9.34. The highest BCUT2D eigenvalue weighted by Crippen LogP contribution is 2.28. The highest BCUT2D eigenvalue weighted by Gasteiger charge is 2.42. The summed E-state index contributed by atoms with van der Waals surface area (Å²) >= 11 is 0. The zero-order valence-electron chi connectivity index (χ0n) is 15.8. The molecule has 0 unspecified atom stereocenters. The van der Waals surface area contributed by atoms with Gasteiger partial charge in [0.15, 0.2) is 0 Å². The van der Waals surface area contributed by atoms with E-state index in [-0.39, 0.29) is 18.5 Å². The smallest absolute Gasteiger partial charge is 0.326 e. The van der Waals surface area contributed by atoms with Crippen molar-refractivity contribution in [3.8, 4) is 11.5 Å². The number of ether oxygens (including phenoxy) is 1. The molecule has 0 radical (unpaired) electrons. The number of alkyl halides is 2. The van der Waals surface area contributed by atoms with Gasteiger partial charge in [-0.3, -0.25) is 9.59 Å². The Morgan fingerprint density at radius 3 is 2.30 bits per heavy atom. The van der Waals surface area contributed by atoms with Gasteiger partial charge in [0.1, 0.15) is 17.5 Å². The fraction of sp³-hybridized carbons (Fsp3) is 0.286. The molecule has 1 heterocycles. The third-order valence-corrected chi connectivity index (χ3v) is 4.79. The first-order valence-corrected chi connectivity index (χ1v) is 9.26. The van der Waals surface area contributed by atoms with Crippen LogP contribution >= 0.6 is 0 Å². The minimum atomic E-state index is -2.71. The molecule has 0 bridgehead atoms. The summed E-state index contributed by atoms with van der Waals surface area (Å²) in [6, 6.07) is 14.0. The number of carbonyl (C=O) groups excluding carboxylic acids is 2. The normalized spacial score (nSPS) is 18.3. The minimum Gasteiger partial charge on any atom is -0.480 e. The Labute approximate surface area is 171 Å². The Morgan fingerprint density at radius 2 is 1.70 bits per heavy atom. The van der Waals surface area contributed by atoms with Crippen molar-refractivity contribution in [2.45, 2.75) is 18.9 Å². The molecule has 2 aromatic rings. The van der Waals surface area contributed by atoms with E-state index in [0.717, 1.165) is 4.90 Å². The number of likely N-dealkylation sites (tertiary alicyclic amines) is 1. The molecular weight excluding hydrogens is 398 g/mol. The SMILES string of the molecule is O=C(NCC(=O)N1C[C@@H](C(F)F)C[C@H]1C(=O)O)c1ccc(Oc2ccccc2)cc1. The second-order valence-electron chi connectivity index (χ2n) is 6.85. The molecule has 2 atom stereocenters. The van der Waals surface area contributed by atoms with Crippen molar-refractivity contribution in [2.75, 3.05) is 13.1 Å². The van der Waals surface area contributed by atoms with Crippen LogP contribution in [0, 0.1) is 5.92 Å². The first-order chi connectivity index (χ1) is 14.3. The molecule has 1 aliphatic rings. The van der Waals surface area contributed by atoms with E-state index in [1.165, 1.54) is 12.1 Å². The topological polar surface area (TPSA) is 95.9 Å². The van der Waals surface area contributed by atoms with Gasteiger partial charge in [-0.25, -0.2) is 13.6 Å². The summed E-state index contributed by atoms with van der Waals surface area (Å²) in [5.74, 6) is -2.64. The van der Waals surface area contributed by atoms with E-state index in [9.17, 15) is 28.3 Å². The van der Waals surface area contributed by atoms with Crippen molar-refractivity contribution >= 4 is 17.8 Å².